The minimum Gasteiger partial charge on any atom is -0.330 e. The molecule has 0 aliphatic heterocycles. The summed E-state index contributed by atoms with van der Waals surface area (Å²) in [6.07, 6.45) is 1.90. The number of aromatic nitrogens is 1. The van der Waals surface area contributed by atoms with Crippen molar-refractivity contribution in [1.29, 1.82) is 0 Å². The van der Waals surface area contributed by atoms with Crippen LogP contribution in [0.1, 0.15) is 31.0 Å². The van der Waals surface area contributed by atoms with Crippen molar-refractivity contribution in [2.24, 2.45) is 17.1 Å². The van der Waals surface area contributed by atoms with Crippen LogP contribution in [0.5, 0.6) is 0 Å². The average molecular weight is 190 g/mol. The summed E-state index contributed by atoms with van der Waals surface area (Å²) >= 11 is 0. The molecule has 1 aromatic heterocycles. The lowest BCUT2D eigenvalue weighted by molar-refractivity contribution is 0.557. The number of hydrogen-bond donors (Lipinski definition) is 1. The van der Waals surface area contributed by atoms with E-state index in [1.54, 1.807) is 0 Å². The number of aryl methyl sites for hydroxylation is 1. The maximum absolute atomic E-state index is 5.75. The second-order valence-corrected chi connectivity index (χ2v) is 4.90. The molecule has 1 aromatic rings. The molecular weight excluding hydrogens is 172 g/mol. The van der Waals surface area contributed by atoms with Gasteiger partial charge in [-0.15, -0.1) is 0 Å². The first-order valence-corrected chi connectivity index (χ1v) is 5.20. The molecule has 0 bridgehead atoms. The van der Waals surface area contributed by atoms with Gasteiger partial charge in [-0.3, -0.25) is 4.98 Å². The fourth-order valence-corrected chi connectivity index (χ4v) is 2.50. The molecule has 14 heavy (non-hydrogen) atoms. The Morgan fingerprint density at radius 3 is 2.71 bits per heavy atom. The molecule has 2 N–H and O–H groups in total. The Kier molecular flexibility index (Phi) is 2.11. The Labute approximate surface area is 85.5 Å². The largest absolute Gasteiger partial charge is 0.330 e. The van der Waals surface area contributed by atoms with Gasteiger partial charge in [0.25, 0.3) is 0 Å². The maximum Gasteiger partial charge on any atom is 0.0446 e. The number of rotatable bonds is 2. The van der Waals surface area contributed by atoms with Crippen LogP contribution >= 0.6 is 0 Å². The molecule has 1 fully saturated rings. The van der Waals surface area contributed by atoms with Gasteiger partial charge in [-0.25, -0.2) is 0 Å². The Morgan fingerprint density at radius 1 is 1.50 bits per heavy atom. The summed E-state index contributed by atoms with van der Waals surface area (Å²) in [7, 11) is 0. The molecule has 0 amide bonds. The van der Waals surface area contributed by atoms with E-state index in [0.29, 0.717) is 17.3 Å². The van der Waals surface area contributed by atoms with Gasteiger partial charge in [0, 0.05) is 17.8 Å². The van der Waals surface area contributed by atoms with E-state index in [2.05, 4.69) is 31.8 Å². The van der Waals surface area contributed by atoms with Gasteiger partial charge in [0.1, 0.15) is 0 Å². The molecule has 0 radical (unpaired) electrons. The van der Waals surface area contributed by atoms with Crippen molar-refractivity contribution >= 4 is 0 Å². The van der Waals surface area contributed by atoms with Gasteiger partial charge in [0.2, 0.25) is 0 Å². The first-order valence-electron chi connectivity index (χ1n) is 5.20. The highest BCUT2D eigenvalue weighted by atomic mass is 14.8. The van der Waals surface area contributed by atoms with E-state index in [1.807, 2.05) is 12.3 Å². The van der Waals surface area contributed by atoms with Crippen LogP contribution in [-0.4, -0.2) is 11.5 Å². The van der Waals surface area contributed by atoms with E-state index in [-0.39, 0.29) is 0 Å². The molecule has 2 heteroatoms. The summed E-state index contributed by atoms with van der Waals surface area (Å²) in [5.74, 6) is 1.17. The van der Waals surface area contributed by atoms with Crippen molar-refractivity contribution in [2.75, 3.05) is 6.54 Å². The SMILES string of the molecule is Cc1ccnc(C2C(CN)C2(C)C)c1. The predicted octanol–water partition coefficient (Wildman–Crippen LogP) is 2.09. The van der Waals surface area contributed by atoms with Crippen molar-refractivity contribution in [3.05, 3.63) is 29.6 Å². The summed E-state index contributed by atoms with van der Waals surface area (Å²) in [5, 5.41) is 0. The Morgan fingerprint density at radius 2 is 2.21 bits per heavy atom. The maximum atomic E-state index is 5.75. The normalized spacial score (nSPS) is 28.9. The first kappa shape index (κ1) is 9.66. The third-order valence-electron chi connectivity index (χ3n) is 3.56. The second kappa shape index (κ2) is 3.06. The Bertz CT molecular complexity index is 344. The zero-order valence-electron chi connectivity index (χ0n) is 9.12. The lowest BCUT2D eigenvalue weighted by Gasteiger charge is -2.02. The zero-order chi connectivity index (χ0) is 10.3. The summed E-state index contributed by atoms with van der Waals surface area (Å²) in [6, 6.07) is 4.22. The van der Waals surface area contributed by atoms with Gasteiger partial charge in [0.05, 0.1) is 0 Å². The van der Waals surface area contributed by atoms with Crippen LogP contribution in [0, 0.1) is 18.3 Å². The molecule has 2 nitrogen and oxygen atoms in total. The fourth-order valence-electron chi connectivity index (χ4n) is 2.50. The van der Waals surface area contributed by atoms with Crippen LogP contribution in [-0.2, 0) is 0 Å². The molecule has 2 unspecified atom stereocenters. The van der Waals surface area contributed by atoms with E-state index in [1.165, 1.54) is 11.3 Å². The van der Waals surface area contributed by atoms with E-state index in [4.69, 9.17) is 5.73 Å². The number of pyridine rings is 1. The van der Waals surface area contributed by atoms with E-state index in [9.17, 15) is 0 Å². The topological polar surface area (TPSA) is 38.9 Å². The Balaban J connectivity index is 2.26. The van der Waals surface area contributed by atoms with Crippen LogP contribution in [0.2, 0.25) is 0 Å². The smallest absolute Gasteiger partial charge is 0.0446 e. The highest BCUT2D eigenvalue weighted by molar-refractivity contribution is 5.28. The highest BCUT2D eigenvalue weighted by Gasteiger charge is 2.57. The van der Waals surface area contributed by atoms with E-state index in [0.717, 1.165) is 6.54 Å². The molecule has 76 valence electrons. The molecular formula is C12H18N2. The molecule has 1 heterocycles. The monoisotopic (exact) mass is 190 g/mol. The molecule has 2 rings (SSSR count). The predicted molar refractivity (Wildman–Crippen MR) is 58.0 cm³/mol. The number of nitrogens with two attached hydrogens (primary N) is 1. The molecule has 0 saturated heterocycles. The molecule has 0 spiro atoms. The van der Waals surface area contributed by atoms with Gasteiger partial charge in [-0.05, 0) is 42.5 Å². The van der Waals surface area contributed by atoms with Crippen LogP contribution in [0.4, 0.5) is 0 Å². The van der Waals surface area contributed by atoms with E-state index < -0.39 is 0 Å². The molecule has 1 saturated carbocycles. The molecule has 2 atom stereocenters. The molecule has 0 aromatic carbocycles. The van der Waals surface area contributed by atoms with Gasteiger partial charge in [0.15, 0.2) is 0 Å². The third-order valence-corrected chi connectivity index (χ3v) is 3.56. The van der Waals surface area contributed by atoms with Gasteiger partial charge < -0.3 is 5.73 Å². The minimum atomic E-state index is 0.343. The van der Waals surface area contributed by atoms with Crippen molar-refractivity contribution < 1.29 is 0 Å². The Hall–Kier alpha value is -0.890. The standard InChI is InChI=1S/C12H18N2/c1-8-4-5-14-10(6-8)11-9(7-13)12(11,2)3/h4-6,9,11H,7,13H2,1-3H3. The summed E-state index contributed by atoms with van der Waals surface area (Å²) in [5.41, 5.74) is 8.59. The van der Waals surface area contributed by atoms with Gasteiger partial charge in [-0.2, -0.15) is 0 Å². The first-order chi connectivity index (χ1) is 6.57. The van der Waals surface area contributed by atoms with Crippen LogP contribution in [0.15, 0.2) is 18.3 Å². The average Bonchev–Trinajstić information content (AvgIpc) is 2.68. The lowest BCUT2D eigenvalue weighted by Crippen LogP contribution is -2.05. The lowest BCUT2D eigenvalue weighted by atomic mass is 10.1. The summed E-state index contributed by atoms with van der Waals surface area (Å²) < 4.78 is 0. The van der Waals surface area contributed by atoms with Gasteiger partial charge >= 0.3 is 0 Å². The van der Waals surface area contributed by atoms with Crippen molar-refractivity contribution in [3.8, 4) is 0 Å². The van der Waals surface area contributed by atoms with Crippen LogP contribution < -0.4 is 5.73 Å². The highest BCUT2D eigenvalue weighted by Crippen LogP contribution is 2.63. The second-order valence-electron chi connectivity index (χ2n) is 4.90. The van der Waals surface area contributed by atoms with Crippen LogP contribution in [0.25, 0.3) is 0 Å². The quantitative estimate of drug-likeness (QED) is 0.775. The third kappa shape index (κ3) is 1.34. The zero-order valence-corrected chi connectivity index (χ0v) is 9.12. The molecule has 1 aliphatic carbocycles. The van der Waals surface area contributed by atoms with Crippen molar-refractivity contribution in [3.63, 3.8) is 0 Å². The number of hydrogen-bond acceptors (Lipinski definition) is 2. The van der Waals surface area contributed by atoms with Gasteiger partial charge in [-0.1, -0.05) is 13.8 Å². The molecule has 1 aliphatic rings. The summed E-state index contributed by atoms with van der Waals surface area (Å²) in [4.78, 5) is 4.44. The van der Waals surface area contributed by atoms with E-state index >= 15 is 0 Å². The van der Waals surface area contributed by atoms with Crippen LogP contribution in [0.3, 0.4) is 0 Å². The van der Waals surface area contributed by atoms with Crippen molar-refractivity contribution in [2.45, 2.75) is 26.7 Å². The summed E-state index contributed by atoms with van der Waals surface area (Å²) in [6.45, 7) is 7.43. The van der Waals surface area contributed by atoms with Crippen molar-refractivity contribution in [1.82, 2.24) is 4.98 Å². The minimum absolute atomic E-state index is 0.343. The number of nitrogens with zero attached hydrogens (tertiary/aromatic N) is 1. The fraction of sp³-hybridized carbons (Fsp3) is 0.583.